The van der Waals surface area contributed by atoms with Crippen LogP contribution in [0.3, 0.4) is 0 Å². The van der Waals surface area contributed by atoms with Gasteiger partial charge in [-0.25, -0.2) is 8.42 Å². The minimum Gasteiger partial charge on any atom is -0.312 e. The van der Waals surface area contributed by atoms with Crippen molar-refractivity contribution in [1.29, 1.82) is 0 Å². The van der Waals surface area contributed by atoms with Crippen LogP contribution in [0.4, 0.5) is 11.4 Å². The number of amides is 1. The van der Waals surface area contributed by atoms with Crippen LogP contribution >= 0.6 is 0 Å². The maximum absolute atomic E-state index is 13.0. The number of anilines is 2. The molecule has 0 fully saturated rings. The van der Waals surface area contributed by atoms with E-state index in [-0.39, 0.29) is 5.91 Å². The number of fused-ring (bicyclic) bond motifs is 1. The van der Waals surface area contributed by atoms with Gasteiger partial charge in [-0.3, -0.25) is 9.52 Å². The molecule has 1 N–H and O–H groups in total. The minimum absolute atomic E-state index is 0.0928. The highest BCUT2D eigenvalue weighted by molar-refractivity contribution is 7.92. The molecule has 0 aliphatic carbocycles. The Labute approximate surface area is 161 Å². The molecule has 1 aliphatic heterocycles. The van der Waals surface area contributed by atoms with E-state index in [9.17, 15) is 13.2 Å². The molecule has 6 heteroatoms. The number of hydrogen-bond acceptors (Lipinski definition) is 3. The number of benzene rings is 2. The van der Waals surface area contributed by atoms with Crippen molar-refractivity contribution in [3.05, 3.63) is 52.6 Å². The van der Waals surface area contributed by atoms with Gasteiger partial charge in [-0.2, -0.15) is 0 Å². The standard InChI is InChI=1S/C21H26N2O3S/c1-5-20(24)23-10-6-7-17-13-18(8-9-19(17)23)22-27(25,26)21-15(3)11-14(2)12-16(21)4/h8-9,11-13,22H,5-7,10H2,1-4H3. The molecule has 0 radical (unpaired) electrons. The summed E-state index contributed by atoms with van der Waals surface area (Å²) < 4.78 is 28.6. The van der Waals surface area contributed by atoms with Gasteiger partial charge in [0.15, 0.2) is 0 Å². The predicted octanol–water partition coefficient (Wildman–Crippen LogP) is 4.10. The zero-order valence-corrected chi connectivity index (χ0v) is 17.1. The van der Waals surface area contributed by atoms with E-state index in [0.717, 1.165) is 40.8 Å². The van der Waals surface area contributed by atoms with Gasteiger partial charge in [-0.1, -0.05) is 24.6 Å². The van der Waals surface area contributed by atoms with Crippen molar-refractivity contribution in [3.63, 3.8) is 0 Å². The molecule has 3 rings (SSSR count). The van der Waals surface area contributed by atoms with Crippen LogP contribution < -0.4 is 9.62 Å². The quantitative estimate of drug-likeness (QED) is 0.860. The van der Waals surface area contributed by atoms with E-state index >= 15 is 0 Å². The Balaban J connectivity index is 1.94. The molecule has 2 aromatic rings. The van der Waals surface area contributed by atoms with Crippen molar-refractivity contribution in [3.8, 4) is 0 Å². The second-order valence-corrected chi connectivity index (χ2v) is 8.80. The summed E-state index contributed by atoms with van der Waals surface area (Å²) in [6.45, 7) is 8.15. The highest BCUT2D eigenvalue weighted by atomic mass is 32.2. The normalized spacial score (nSPS) is 14.0. The molecular formula is C21H26N2O3S. The molecular weight excluding hydrogens is 360 g/mol. The fourth-order valence-electron chi connectivity index (χ4n) is 3.91. The first-order valence-corrected chi connectivity index (χ1v) is 10.7. The molecule has 2 aromatic carbocycles. The molecule has 0 bridgehead atoms. The molecule has 0 atom stereocenters. The van der Waals surface area contributed by atoms with Crippen LogP contribution in [0.15, 0.2) is 35.2 Å². The lowest BCUT2D eigenvalue weighted by Crippen LogP contribution is -2.34. The summed E-state index contributed by atoms with van der Waals surface area (Å²) in [6.07, 6.45) is 2.17. The van der Waals surface area contributed by atoms with Crippen LogP contribution in [0, 0.1) is 20.8 Å². The monoisotopic (exact) mass is 386 g/mol. The first-order chi connectivity index (χ1) is 12.7. The smallest absolute Gasteiger partial charge is 0.262 e. The summed E-state index contributed by atoms with van der Waals surface area (Å²) in [7, 11) is -3.68. The van der Waals surface area contributed by atoms with Crippen LogP contribution in [-0.2, 0) is 21.2 Å². The van der Waals surface area contributed by atoms with Gasteiger partial charge >= 0.3 is 0 Å². The van der Waals surface area contributed by atoms with Crippen LogP contribution in [0.25, 0.3) is 0 Å². The summed E-state index contributed by atoms with van der Waals surface area (Å²) in [4.78, 5) is 14.3. The fourth-order valence-corrected chi connectivity index (χ4v) is 5.41. The molecule has 5 nitrogen and oxygen atoms in total. The second kappa shape index (κ2) is 7.35. The van der Waals surface area contributed by atoms with E-state index in [4.69, 9.17) is 0 Å². The van der Waals surface area contributed by atoms with E-state index in [1.54, 1.807) is 11.0 Å². The molecule has 0 saturated carbocycles. The Morgan fingerprint density at radius 3 is 2.41 bits per heavy atom. The summed E-state index contributed by atoms with van der Waals surface area (Å²) in [5.74, 6) is 0.0928. The molecule has 144 valence electrons. The zero-order valence-electron chi connectivity index (χ0n) is 16.3. The summed E-state index contributed by atoms with van der Waals surface area (Å²) in [6, 6.07) is 9.18. The van der Waals surface area contributed by atoms with Gasteiger partial charge < -0.3 is 4.90 Å². The minimum atomic E-state index is -3.68. The first kappa shape index (κ1) is 19.4. The van der Waals surface area contributed by atoms with Gasteiger partial charge in [0.25, 0.3) is 10.0 Å². The third kappa shape index (κ3) is 3.86. The lowest BCUT2D eigenvalue weighted by atomic mass is 10.0. The van der Waals surface area contributed by atoms with Crippen molar-refractivity contribution >= 4 is 27.3 Å². The van der Waals surface area contributed by atoms with Gasteiger partial charge in [0.2, 0.25) is 5.91 Å². The lowest BCUT2D eigenvalue weighted by molar-refractivity contribution is -0.118. The molecule has 0 aromatic heterocycles. The first-order valence-electron chi connectivity index (χ1n) is 9.27. The van der Waals surface area contributed by atoms with Gasteiger partial charge in [-0.15, -0.1) is 0 Å². The molecule has 0 spiro atoms. The number of aryl methyl sites for hydroxylation is 4. The van der Waals surface area contributed by atoms with Crippen LogP contribution in [-0.4, -0.2) is 20.9 Å². The maximum atomic E-state index is 13.0. The van der Waals surface area contributed by atoms with E-state index in [1.165, 1.54) is 0 Å². The molecule has 0 saturated heterocycles. The van der Waals surface area contributed by atoms with E-state index in [0.29, 0.717) is 23.5 Å². The number of rotatable bonds is 4. The second-order valence-electron chi connectivity index (χ2n) is 7.18. The maximum Gasteiger partial charge on any atom is 0.262 e. The van der Waals surface area contributed by atoms with Crippen molar-refractivity contribution in [2.75, 3.05) is 16.2 Å². The topological polar surface area (TPSA) is 66.5 Å². The molecule has 0 unspecified atom stereocenters. The van der Waals surface area contributed by atoms with Crippen LogP contribution in [0.1, 0.15) is 42.0 Å². The van der Waals surface area contributed by atoms with Crippen LogP contribution in [0.5, 0.6) is 0 Å². The number of carbonyl (C=O) groups is 1. The largest absolute Gasteiger partial charge is 0.312 e. The Hall–Kier alpha value is -2.34. The van der Waals surface area contributed by atoms with Gasteiger partial charge in [0.1, 0.15) is 0 Å². The van der Waals surface area contributed by atoms with Crippen molar-refractivity contribution < 1.29 is 13.2 Å². The average Bonchev–Trinajstić information content (AvgIpc) is 2.58. The summed E-state index contributed by atoms with van der Waals surface area (Å²) in [5.41, 5.74) is 4.92. The third-order valence-electron chi connectivity index (χ3n) is 4.93. The highest BCUT2D eigenvalue weighted by Crippen LogP contribution is 2.31. The van der Waals surface area contributed by atoms with E-state index in [2.05, 4.69) is 4.72 Å². The van der Waals surface area contributed by atoms with Crippen LogP contribution in [0.2, 0.25) is 0 Å². The Bertz CT molecular complexity index is 973. The number of nitrogens with zero attached hydrogens (tertiary/aromatic N) is 1. The average molecular weight is 387 g/mol. The highest BCUT2D eigenvalue weighted by Gasteiger charge is 2.24. The molecule has 1 aliphatic rings. The predicted molar refractivity (Wildman–Crippen MR) is 109 cm³/mol. The van der Waals surface area contributed by atoms with Gasteiger partial charge in [0.05, 0.1) is 4.90 Å². The zero-order chi connectivity index (χ0) is 19.8. The number of hydrogen-bond donors (Lipinski definition) is 1. The Kier molecular flexibility index (Phi) is 5.29. The number of carbonyl (C=O) groups excluding carboxylic acids is 1. The third-order valence-corrected chi connectivity index (χ3v) is 6.61. The lowest BCUT2D eigenvalue weighted by Gasteiger charge is -2.29. The van der Waals surface area contributed by atoms with Crippen molar-refractivity contribution in [2.45, 2.75) is 51.9 Å². The van der Waals surface area contributed by atoms with E-state index in [1.807, 2.05) is 52.0 Å². The molecule has 27 heavy (non-hydrogen) atoms. The molecule has 1 amide bonds. The van der Waals surface area contributed by atoms with E-state index < -0.39 is 10.0 Å². The fraction of sp³-hybridized carbons (Fsp3) is 0.381. The SMILES string of the molecule is CCC(=O)N1CCCc2cc(NS(=O)(=O)c3c(C)cc(C)cc3C)ccc21. The van der Waals surface area contributed by atoms with Gasteiger partial charge in [-0.05, 0) is 68.5 Å². The Morgan fingerprint density at radius 2 is 1.78 bits per heavy atom. The van der Waals surface area contributed by atoms with Crippen molar-refractivity contribution in [1.82, 2.24) is 0 Å². The number of nitrogens with one attached hydrogen (secondary N) is 1. The Morgan fingerprint density at radius 1 is 1.11 bits per heavy atom. The molecule has 1 heterocycles. The number of sulfonamides is 1. The summed E-state index contributed by atoms with van der Waals surface area (Å²) >= 11 is 0. The van der Waals surface area contributed by atoms with Crippen molar-refractivity contribution in [2.24, 2.45) is 0 Å². The van der Waals surface area contributed by atoms with Gasteiger partial charge in [0, 0.05) is 24.3 Å². The summed E-state index contributed by atoms with van der Waals surface area (Å²) in [5, 5.41) is 0.